The second kappa shape index (κ2) is 7.39. The van der Waals surface area contributed by atoms with E-state index in [2.05, 4.69) is 6.92 Å². The third-order valence-corrected chi connectivity index (χ3v) is 3.23. The molecule has 5 heteroatoms. The topological polar surface area (TPSA) is 66.8 Å². The molecule has 0 saturated carbocycles. The van der Waals surface area contributed by atoms with Crippen molar-refractivity contribution in [3.63, 3.8) is 0 Å². The van der Waals surface area contributed by atoms with E-state index in [1.165, 1.54) is 0 Å². The normalized spacial score (nSPS) is 14.5. The number of phosphoric acid groups is 1. The van der Waals surface area contributed by atoms with Crippen molar-refractivity contribution in [2.75, 3.05) is 0 Å². The maximum absolute atomic E-state index is 10.8. The lowest BCUT2D eigenvalue weighted by Crippen LogP contribution is -2.22. The van der Waals surface area contributed by atoms with Gasteiger partial charge in [0.15, 0.2) is 0 Å². The zero-order chi connectivity index (χ0) is 11.9. The largest absolute Gasteiger partial charge is 0.469 e. The summed E-state index contributed by atoms with van der Waals surface area (Å²) in [6, 6.07) is 0. The highest BCUT2D eigenvalue weighted by Gasteiger charge is 2.26. The van der Waals surface area contributed by atoms with Gasteiger partial charge >= 0.3 is 7.82 Å². The zero-order valence-electron chi connectivity index (χ0n) is 9.85. The summed E-state index contributed by atoms with van der Waals surface area (Å²) in [5, 5.41) is 0. The lowest BCUT2D eigenvalue weighted by atomic mass is 9.93. The maximum atomic E-state index is 10.8. The molecule has 2 N–H and O–H groups in total. The first-order chi connectivity index (χ1) is 6.94. The highest BCUT2D eigenvalue weighted by molar-refractivity contribution is 7.46. The Morgan fingerprint density at radius 3 is 2.07 bits per heavy atom. The van der Waals surface area contributed by atoms with Gasteiger partial charge in [0.05, 0.1) is 6.10 Å². The van der Waals surface area contributed by atoms with Crippen LogP contribution in [0.4, 0.5) is 0 Å². The lowest BCUT2D eigenvalue weighted by molar-refractivity contribution is 0.0760. The van der Waals surface area contributed by atoms with Gasteiger partial charge in [0.25, 0.3) is 0 Å². The molecule has 92 valence electrons. The molecule has 0 aromatic carbocycles. The summed E-state index contributed by atoms with van der Waals surface area (Å²) in [4.78, 5) is 17.6. The van der Waals surface area contributed by atoms with Gasteiger partial charge in [0.1, 0.15) is 0 Å². The summed E-state index contributed by atoms with van der Waals surface area (Å²) in [5.41, 5.74) is 0. The molecule has 0 aliphatic carbocycles. The summed E-state index contributed by atoms with van der Waals surface area (Å²) in [5.74, 6) is 0.240. The Kier molecular flexibility index (Phi) is 7.45. The molecule has 0 spiro atoms. The van der Waals surface area contributed by atoms with Gasteiger partial charge in [-0.15, -0.1) is 0 Å². The maximum Gasteiger partial charge on any atom is 0.469 e. The predicted octanol–water partition coefficient (Wildman–Crippen LogP) is 3.09. The summed E-state index contributed by atoms with van der Waals surface area (Å²) in [6.07, 6.45) is 4.17. The molecule has 0 aliphatic rings. The first kappa shape index (κ1) is 15.1. The Morgan fingerprint density at radius 2 is 1.73 bits per heavy atom. The third-order valence-electron chi connectivity index (χ3n) is 2.69. The number of hydrogen-bond donors (Lipinski definition) is 2. The van der Waals surface area contributed by atoms with Crippen molar-refractivity contribution >= 4 is 7.82 Å². The van der Waals surface area contributed by atoms with Crippen molar-refractivity contribution in [1.82, 2.24) is 0 Å². The molecule has 0 aromatic rings. The van der Waals surface area contributed by atoms with E-state index in [-0.39, 0.29) is 12.0 Å². The summed E-state index contributed by atoms with van der Waals surface area (Å²) in [7, 11) is -4.34. The Labute approximate surface area is 92.3 Å². The van der Waals surface area contributed by atoms with Crippen LogP contribution < -0.4 is 0 Å². The van der Waals surface area contributed by atoms with Crippen LogP contribution in [0, 0.1) is 5.92 Å². The van der Waals surface area contributed by atoms with Crippen LogP contribution in [-0.4, -0.2) is 15.9 Å². The molecule has 0 saturated heterocycles. The van der Waals surface area contributed by atoms with Crippen molar-refractivity contribution in [2.24, 2.45) is 5.92 Å². The van der Waals surface area contributed by atoms with Crippen LogP contribution in [0.15, 0.2) is 0 Å². The lowest BCUT2D eigenvalue weighted by Gasteiger charge is -2.25. The summed E-state index contributed by atoms with van der Waals surface area (Å²) in [6.45, 7) is 6.10. The van der Waals surface area contributed by atoms with Gasteiger partial charge in [-0.05, 0) is 12.3 Å². The smallest absolute Gasteiger partial charge is 0.303 e. The van der Waals surface area contributed by atoms with Crippen molar-refractivity contribution in [1.29, 1.82) is 0 Å². The van der Waals surface area contributed by atoms with E-state index in [1.54, 1.807) is 0 Å². The fourth-order valence-corrected chi connectivity index (χ4v) is 2.40. The molecule has 0 heterocycles. The monoisotopic (exact) mass is 238 g/mol. The van der Waals surface area contributed by atoms with E-state index in [0.717, 1.165) is 32.1 Å². The molecular weight excluding hydrogens is 215 g/mol. The highest BCUT2D eigenvalue weighted by Crippen LogP contribution is 2.41. The van der Waals surface area contributed by atoms with Crippen LogP contribution in [0.2, 0.25) is 0 Å². The molecule has 0 fully saturated rings. The minimum atomic E-state index is -4.34. The second-order valence-electron chi connectivity index (χ2n) is 3.85. The van der Waals surface area contributed by atoms with E-state index >= 15 is 0 Å². The molecular formula is C10H23O4P. The van der Waals surface area contributed by atoms with Crippen LogP contribution in [-0.2, 0) is 9.09 Å². The molecule has 1 atom stereocenters. The average molecular weight is 238 g/mol. The summed E-state index contributed by atoms with van der Waals surface area (Å²) >= 11 is 0. The first-order valence-corrected chi connectivity index (χ1v) is 7.21. The van der Waals surface area contributed by atoms with E-state index in [1.807, 2.05) is 13.8 Å². The third kappa shape index (κ3) is 7.07. The molecule has 0 aliphatic heterocycles. The summed E-state index contributed by atoms with van der Waals surface area (Å²) < 4.78 is 15.7. The number of phosphoric ester groups is 1. The molecule has 0 amide bonds. The Hall–Kier alpha value is 0.110. The Balaban J connectivity index is 4.35. The van der Waals surface area contributed by atoms with Crippen molar-refractivity contribution in [3.05, 3.63) is 0 Å². The van der Waals surface area contributed by atoms with Crippen molar-refractivity contribution < 1.29 is 18.9 Å². The van der Waals surface area contributed by atoms with Gasteiger partial charge in [-0.3, -0.25) is 4.52 Å². The molecule has 0 radical (unpaired) electrons. The number of rotatable bonds is 8. The van der Waals surface area contributed by atoms with Crippen LogP contribution in [0.3, 0.4) is 0 Å². The first-order valence-electron chi connectivity index (χ1n) is 5.68. The minimum Gasteiger partial charge on any atom is -0.303 e. The zero-order valence-corrected chi connectivity index (χ0v) is 10.7. The Bertz CT molecular complexity index is 198. The molecule has 0 bridgehead atoms. The van der Waals surface area contributed by atoms with E-state index in [4.69, 9.17) is 14.3 Å². The molecule has 4 nitrogen and oxygen atoms in total. The van der Waals surface area contributed by atoms with E-state index in [0.29, 0.717) is 0 Å². The van der Waals surface area contributed by atoms with Crippen molar-refractivity contribution in [3.8, 4) is 0 Å². The molecule has 0 aromatic heterocycles. The van der Waals surface area contributed by atoms with Gasteiger partial charge in [0, 0.05) is 0 Å². The van der Waals surface area contributed by atoms with Gasteiger partial charge in [-0.2, -0.15) is 0 Å². The van der Waals surface area contributed by atoms with Gasteiger partial charge in [-0.1, -0.05) is 46.5 Å². The quantitative estimate of drug-likeness (QED) is 0.638. The van der Waals surface area contributed by atoms with Crippen LogP contribution in [0.25, 0.3) is 0 Å². The minimum absolute atomic E-state index is 0.240. The SMILES string of the molecule is CCCCC(OP(=O)(O)O)C(CC)CC. The van der Waals surface area contributed by atoms with Crippen LogP contribution in [0.1, 0.15) is 52.9 Å². The van der Waals surface area contributed by atoms with Crippen molar-refractivity contribution in [2.45, 2.75) is 59.0 Å². The highest BCUT2D eigenvalue weighted by atomic mass is 31.2. The van der Waals surface area contributed by atoms with Gasteiger partial charge in [-0.25, -0.2) is 4.57 Å². The average Bonchev–Trinajstić information content (AvgIpc) is 2.13. The number of unbranched alkanes of at least 4 members (excludes halogenated alkanes) is 1. The molecule has 1 unspecified atom stereocenters. The molecule has 0 rings (SSSR count). The van der Waals surface area contributed by atoms with Crippen LogP contribution in [0.5, 0.6) is 0 Å². The Morgan fingerprint density at radius 1 is 1.20 bits per heavy atom. The molecule has 15 heavy (non-hydrogen) atoms. The van der Waals surface area contributed by atoms with Gasteiger partial charge in [0.2, 0.25) is 0 Å². The fraction of sp³-hybridized carbons (Fsp3) is 1.00. The number of hydrogen-bond acceptors (Lipinski definition) is 2. The fourth-order valence-electron chi connectivity index (χ4n) is 1.77. The predicted molar refractivity (Wildman–Crippen MR) is 60.5 cm³/mol. The van der Waals surface area contributed by atoms with Crippen LogP contribution >= 0.6 is 7.82 Å². The van der Waals surface area contributed by atoms with E-state index in [9.17, 15) is 4.57 Å². The van der Waals surface area contributed by atoms with E-state index < -0.39 is 7.82 Å². The second-order valence-corrected chi connectivity index (χ2v) is 5.05. The van der Waals surface area contributed by atoms with Gasteiger partial charge < -0.3 is 9.79 Å². The standard InChI is InChI=1S/C10H23O4P/c1-4-7-8-10(9(5-2)6-3)14-15(11,12)13/h9-10H,4-8H2,1-3H3,(H2,11,12,13).